The summed E-state index contributed by atoms with van der Waals surface area (Å²) < 4.78 is 0.922. The van der Waals surface area contributed by atoms with E-state index in [1.54, 1.807) is 12.1 Å². The molecule has 0 heterocycles. The predicted octanol–water partition coefficient (Wildman–Crippen LogP) is 3.90. The lowest BCUT2D eigenvalue weighted by Gasteiger charge is -2.12. The highest BCUT2D eigenvalue weighted by molar-refractivity contribution is 14.1. The molecule has 0 aliphatic heterocycles. The molecule has 0 atom stereocenters. The van der Waals surface area contributed by atoms with Gasteiger partial charge in [0.2, 0.25) is 0 Å². The number of nitrogens with zero attached hydrogens (tertiary/aromatic N) is 2. The number of anilines is 2. The number of nitrogens with one attached hydrogen (secondary N) is 1. The van der Waals surface area contributed by atoms with Gasteiger partial charge in [0.05, 0.1) is 5.69 Å². The quantitative estimate of drug-likeness (QED) is 0.467. The third kappa shape index (κ3) is 4.57. The maximum atomic E-state index is 12.3. The Balaban J connectivity index is 2.20. The van der Waals surface area contributed by atoms with Gasteiger partial charge in [-0.3, -0.25) is 4.79 Å². The third-order valence-corrected chi connectivity index (χ3v) is 4.15. The molecule has 0 saturated heterocycles. The summed E-state index contributed by atoms with van der Waals surface area (Å²) in [5, 5.41) is 12.0. The van der Waals surface area contributed by atoms with Crippen LogP contribution in [0.2, 0.25) is 0 Å². The zero-order valence-corrected chi connectivity index (χ0v) is 15.0. The number of hydrogen-bond donors (Lipinski definition) is 1. The van der Waals surface area contributed by atoms with E-state index in [1.807, 2.05) is 67.5 Å². The van der Waals surface area contributed by atoms with Gasteiger partial charge in [-0.15, -0.1) is 0 Å². The number of amides is 1. The monoisotopic (exact) mass is 417 g/mol. The van der Waals surface area contributed by atoms with Gasteiger partial charge in [0.1, 0.15) is 11.6 Å². The first-order valence-corrected chi connectivity index (χ1v) is 8.04. The lowest BCUT2D eigenvalue weighted by molar-refractivity contribution is -0.112. The van der Waals surface area contributed by atoms with Crippen LogP contribution in [0.4, 0.5) is 11.4 Å². The Labute approximate surface area is 149 Å². The molecule has 23 heavy (non-hydrogen) atoms. The fraction of sp³-hybridized carbons (Fsp3) is 0.111. The van der Waals surface area contributed by atoms with Crippen LogP contribution in [0.1, 0.15) is 5.56 Å². The highest BCUT2D eigenvalue weighted by atomic mass is 127. The topological polar surface area (TPSA) is 56.1 Å². The first kappa shape index (κ1) is 17.0. The first-order valence-electron chi connectivity index (χ1n) is 6.96. The van der Waals surface area contributed by atoms with Gasteiger partial charge in [-0.1, -0.05) is 24.3 Å². The number of hydrogen-bond acceptors (Lipinski definition) is 3. The van der Waals surface area contributed by atoms with Crippen LogP contribution < -0.4 is 10.2 Å². The average Bonchev–Trinajstić information content (AvgIpc) is 2.55. The summed E-state index contributed by atoms with van der Waals surface area (Å²) in [6.07, 6.45) is 1.59. The number of carbonyl (C=O) groups is 1. The molecule has 0 bridgehead atoms. The van der Waals surface area contributed by atoms with Gasteiger partial charge in [-0.05, 0) is 58.5 Å². The predicted molar refractivity (Wildman–Crippen MR) is 102 cm³/mol. The molecule has 4 nitrogen and oxygen atoms in total. The van der Waals surface area contributed by atoms with Gasteiger partial charge in [0, 0.05) is 23.4 Å². The number of para-hydroxylation sites is 1. The van der Waals surface area contributed by atoms with E-state index in [0.717, 1.165) is 14.8 Å². The number of carbonyl (C=O) groups excluding carboxylic acids is 1. The molecular weight excluding hydrogens is 401 g/mol. The highest BCUT2D eigenvalue weighted by Crippen LogP contribution is 2.19. The Hall–Kier alpha value is -2.33. The average molecular weight is 417 g/mol. The van der Waals surface area contributed by atoms with E-state index in [9.17, 15) is 10.1 Å². The molecule has 0 radical (unpaired) electrons. The van der Waals surface area contributed by atoms with Crippen LogP contribution in [0.5, 0.6) is 0 Å². The summed E-state index contributed by atoms with van der Waals surface area (Å²) in [5.41, 5.74) is 2.64. The van der Waals surface area contributed by atoms with Gasteiger partial charge in [0.15, 0.2) is 0 Å². The fourth-order valence-corrected chi connectivity index (χ4v) is 2.46. The zero-order chi connectivity index (χ0) is 16.8. The van der Waals surface area contributed by atoms with Crippen molar-refractivity contribution in [3.05, 3.63) is 63.2 Å². The molecule has 0 spiro atoms. The molecule has 0 fully saturated rings. The molecule has 0 aliphatic carbocycles. The van der Waals surface area contributed by atoms with Crippen molar-refractivity contribution in [3.63, 3.8) is 0 Å². The van der Waals surface area contributed by atoms with Crippen molar-refractivity contribution < 1.29 is 4.79 Å². The summed E-state index contributed by atoms with van der Waals surface area (Å²) in [5.74, 6) is -0.409. The van der Waals surface area contributed by atoms with E-state index in [2.05, 4.69) is 27.9 Å². The molecule has 116 valence electrons. The maximum Gasteiger partial charge on any atom is 0.266 e. The van der Waals surface area contributed by atoms with Gasteiger partial charge >= 0.3 is 0 Å². The zero-order valence-electron chi connectivity index (χ0n) is 12.9. The molecule has 5 heteroatoms. The van der Waals surface area contributed by atoms with Gasteiger partial charge in [-0.2, -0.15) is 5.26 Å². The molecular formula is C18H16IN3O. The van der Waals surface area contributed by atoms with E-state index < -0.39 is 5.91 Å². The van der Waals surface area contributed by atoms with Crippen molar-refractivity contribution >= 4 is 45.9 Å². The Morgan fingerprint density at radius 2 is 1.83 bits per heavy atom. The Kier molecular flexibility index (Phi) is 5.77. The number of halogens is 1. The first-order chi connectivity index (χ1) is 11.0. The highest BCUT2D eigenvalue weighted by Gasteiger charge is 2.11. The number of rotatable bonds is 4. The second-order valence-electron chi connectivity index (χ2n) is 5.09. The Morgan fingerprint density at radius 1 is 1.17 bits per heavy atom. The SMILES string of the molecule is CN(C)c1ccc(/C=C(\C#N)C(=O)Nc2ccccc2I)cc1. The van der Waals surface area contributed by atoms with Crippen molar-refractivity contribution in [2.45, 2.75) is 0 Å². The summed E-state index contributed by atoms with van der Waals surface area (Å²) in [6, 6.07) is 17.0. The number of nitriles is 1. The molecule has 0 unspecified atom stereocenters. The van der Waals surface area contributed by atoms with Crippen molar-refractivity contribution in [2.75, 3.05) is 24.3 Å². The van der Waals surface area contributed by atoms with Crippen molar-refractivity contribution in [1.29, 1.82) is 5.26 Å². The van der Waals surface area contributed by atoms with E-state index in [-0.39, 0.29) is 5.57 Å². The summed E-state index contributed by atoms with van der Waals surface area (Å²) in [7, 11) is 3.92. The largest absolute Gasteiger partial charge is 0.378 e. The van der Waals surface area contributed by atoms with E-state index in [4.69, 9.17) is 0 Å². The van der Waals surface area contributed by atoms with Crippen LogP contribution in [0, 0.1) is 14.9 Å². The van der Waals surface area contributed by atoms with Crippen LogP contribution >= 0.6 is 22.6 Å². The minimum Gasteiger partial charge on any atom is -0.378 e. The summed E-state index contributed by atoms with van der Waals surface area (Å²) in [6.45, 7) is 0. The number of benzene rings is 2. The van der Waals surface area contributed by atoms with Crippen LogP contribution in [0.15, 0.2) is 54.1 Å². The normalized spacial score (nSPS) is 10.8. The third-order valence-electron chi connectivity index (χ3n) is 3.21. The van der Waals surface area contributed by atoms with Crippen LogP contribution in [0.25, 0.3) is 6.08 Å². The Bertz CT molecular complexity index is 774. The van der Waals surface area contributed by atoms with Crippen molar-refractivity contribution in [1.82, 2.24) is 0 Å². The maximum absolute atomic E-state index is 12.3. The molecule has 2 aromatic carbocycles. The lowest BCUT2D eigenvalue weighted by atomic mass is 10.1. The fourth-order valence-electron chi connectivity index (χ4n) is 1.94. The van der Waals surface area contributed by atoms with Crippen LogP contribution in [-0.4, -0.2) is 20.0 Å². The minimum atomic E-state index is -0.409. The van der Waals surface area contributed by atoms with Crippen molar-refractivity contribution in [2.24, 2.45) is 0 Å². The Morgan fingerprint density at radius 3 is 2.39 bits per heavy atom. The molecule has 1 N–H and O–H groups in total. The summed E-state index contributed by atoms with van der Waals surface area (Å²) in [4.78, 5) is 14.3. The van der Waals surface area contributed by atoms with Gasteiger partial charge in [-0.25, -0.2) is 0 Å². The molecule has 0 aliphatic rings. The molecule has 1 amide bonds. The molecule has 2 aromatic rings. The molecule has 2 rings (SSSR count). The van der Waals surface area contributed by atoms with Crippen LogP contribution in [0.3, 0.4) is 0 Å². The lowest BCUT2D eigenvalue weighted by Crippen LogP contribution is -2.14. The van der Waals surface area contributed by atoms with Gasteiger partial charge < -0.3 is 10.2 Å². The van der Waals surface area contributed by atoms with E-state index >= 15 is 0 Å². The summed E-state index contributed by atoms with van der Waals surface area (Å²) >= 11 is 2.14. The van der Waals surface area contributed by atoms with E-state index in [1.165, 1.54) is 0 Å². The van der Waals surface area contributed by atoms with Gasteiger partial charge in [0.25, 0.3) is 5.91 Å². The van der Waals surface area contributed by atoms with Crippen LogP contribution in [-0.2, 0) is 4.79 Å². The minimum absolute atomic E-state index is 0.0715. The van der Waals surface area contributed by atoms with Crippen molar-refractivity contribution in [3.8, 4) is 6.07 Å². The standard InChI is InChI=1S/C18H16IN3O/c1-22(2)15-9-7-13(8-10-15)11-14(12-20)18(23)21-17-6-4-3-5-16(17)19/h3-11H,1-2H3,(H,21,23)/b14-11+. The van der Waals surface area contributed by atoms with E-state index in [0.29, 0.717) is 5.69 Å². The molecule has 0 aromatic heterocycles. The second-order valence-corrected chi connectivity index (χ2v) is 6.25. The molecule has 0 saturated carbocycles. The second kappa shape index (κ2) is 7.79. The smallest absolute Gasteiger partial charge is 0.266 e.